The normalized spacial score (nSPS) is 24.3. The first-order valence-electron chi connectivity index (χ1n) is 7.26. The number of carbonyl (C=O) groups excluding carboxylic acids is 1. The fourth-order valence-corrected chi connectivity index (χ4v) is 3.36. The molecule has 2 aliphatic carbocycles. The van der Waals surface area contributed by atoms with Crippen LogP contribution in [0.15, 0.2) is 0 Å². The van der Waals surface area contributed by atoms with Crippen molar-refractivity contribution in [3.63, 3.8) is 0 Å². The molecule has 2 saturated carbocycles. The van der Waals surface area contributed by atoms with Crippen molar-refractivity contribution < 1.29 is 14.7 Å². The first kappa shape index (κ1) is 14.3. The topological polar surface area (TPSA) is 92.4 Å². The summed E-state index contributed by atoms with van der Waals surface area (Å²) in [5.74, 6) is -0.859. The number of nitrogens with two attached hydrogens (primary N) is 1. The number of hydrogen-bond acceptors (Lipinski definition) is 3. The van der Waals surface area contributed by atoms with Gasteiger partial charge in [-0.3, -0.25) is 9.59 Å². The van der Waals surface area contributed by atoms with E-state index >= 15 is 0 Å². The highest BCUT2D eigenvalue weighted by atomic mass is 16.4. The van der Waals surface area contributed by atoms with Gasteiger partial charge in [-0.1, -0.05) is 25.7 Å². The van der Waals surface area contributed by atoms with E-state index in [9.17, 15) is 9.59 Å². The SMILES string of the molecule is NCC1(C(=O)NC2(CC(=O)O)CCCCC2)CCC1. The number of nitrogens with one attached hydrogen (secondary N) is 1. The van der Waals surface area contributed by atoms with E-state index in [0.717, 1.165) is 51.4 Å². The quantitative estimate of drug-likeness (QED) is 0.703. The molecule has 2 aliphatic rings. The molecule has 0 aromatic carbocycles. The molecule has 0 spiro atoms. The van der Waals surface area contributed by atoms with Gasteiger partial charge in [-0.15, -0.1) is 0 Å². The lowest BCUT2D eigenvalue weighted by atomic mass is 9.67. The van der Waals surface area contributed by atoms with Crippen LogP contribution in [0, 0.1) is 5.41 Å². The molecule has 5 nitrogen and oxygen atoms in total. The number of rotatable bonds is 5. The Kier molecular flexibility index (Phi) is 4.13. The van der Waals surface area contributed by atoms with Crippen molar-refractivity contribution in [3.8, 4) is 0 Å². The number of hydrogen-bond donors (Lipinski definition) is 3. The summed E-state index contributed by atoms with van der Waals surface area (Å²) in [5.41, 5.74) is 4.77. The highest BCUT2D eigenvalue weighted by Gasteiger charge is 2.46. The minimum Gasteiger partial charge on any atom is -0.481 e. The Morgan fingerprint density at radius 3 is 2.11 bits per heavy atom. The first-order valence-corrected chi connectivity index (χ1v) is 7.26. The fourth-order valence-electron chi connectivity index (χ4n) is 3.36. The zero-order chi connectivity index (χ0) is 13.9. The molecular formula is C14H24N2O3. The van der Waals surface area contributed by atoms with E-state index in [2.05, 4.69) is 5.32 Å². The maximum atomic E-state index is 12.4. The van der Waals surface area contributed by atoms with Crippen LogP contribution in [0.25, 0.3) is 0 Å². The Bertz CT molecular complexity index is 352. The lowest BCUT2D eigenvalue weighted by molar-refractivity contribution is -0.142. The predicted octanol–water partition coefficient (Wildman–Crippen LogP) is 1.41. The van der Waals surface area contributed by atoms with Crippen molar-refractivity contribution >= 4 is 11.9 Å². The molecule has 2 rings (SSSR count). The van der Waals surface area contributed by atoms with E-state index in [0.29, 0.717) is 6.54 Å². The van der Waals surface area contributed by atoms with Gasteiger partial charge >= 0.3 is 5.97 Å². The largest absolute Gasteiger partial charge is 0.481 e. The second kappa shape index (κ2) is 5.49. The van der Waals surface area contributed by atoms with Crippen molar-refractivity contribution in [1.29, 1.82) is 0 Å². The van der Waals surface area contributed by atoms with E-state index in [1.807, 2.05) is 0 Å². The standard InChI is InChI=1S/C14H24N2O3/c15-10-13(5-4-6-13)12(19)16-14(9-11(17)18)7-2-1-3-8-14/h1-10,15H2,(H,16,19)(H,17,18). The monoisotopic (exact) mass is 268 g/mol. The summed E-state index contributed by atoms with van der Waals surface area (Å²) in [6.45, 7) is 0.363. The molecule has 0 aliphatic heterocycles. The first-order chi connectivity index (χ1) is 9.02. The van der Waals surface area contributed by atoms with Crippen LogP contribution in [-0.4, -0.2) is 29.1 Å². The molecule has 0 bridgehead atoms. The van der Waals surface area contributed by atoms with Crippen molar-refractivity contribution in [1.82, 2.24) is 5.32 Å². The lowest BCUT2D eigenvalue weighted by Crippen LogP contribution is -2.59. The highest BCUT2D eigenvalue weighted by molar-refractivity contribution is 5.85. The molecule has 0 radical (unpaired) electrons. The maximum Gasteiger partial charge on any atom is 0.305 e. The molecular weight excluding hydrogens is 244 g/mol. The Balaban J connectivity index is 2.07. The molecule has 0 aromatic heterocycles. The van der Waals surface area contributed by atoms with Crippen LogP contribution >= 0.6 is 0 Å². The van der Waals surface area contributed by atoms with E-state index in [1.165, 1.54) is 0 Å². The summed E-state index contributed by atoms with van der Waals surface area (Å²) in [6, 6.07) is 0. The van der Waals surface area contributed by atoms with Crippen LogP contribution in [0.3, 0.4) is 0 Å². The van der Waals surface area contributed by atoms with Gasteiger partial charge in [-0.05, 0) is 25.7 Å². The zero-order valence-electron chi connectivity index (χ0n) is 11.4. The van der Waals surface area contributed by atoms with Crippen LogP contribution < -0.4 is 11.1 Å². The summed E-state index contributed by atoms with van der Waals surface area (Å²) in [5, 5.41) is 12.2. The minimum atomic E-state index is -0.836. The van der Waals surface area contributed by atoms with Gasteiger partial charge in [0, 0.05) is 6.54 Å². The van der Waals surface area contributed by atoms with E-state index < -0.39 is 16.9 Å². The number of carboxylic acids is 1. The number of carbonyl (C=O) groups is 2. The fraction of sp³-hybridized carbons (Fsp3) is 0.857. The molecule has 0 saturated heterocycles. The van der Waals surface area contributed by atoms with E-state index in [4.69, 9.17) is 10.8 Å². The Hall–Kier alpha value is -1.10. The molecule has 108 valence electrons. The molecule has 5 heteroatoms. The smallest absolute Gasteiger partial charge is 0.305 e. The average Bonchev–Trinajstić information content (AvgIpc) is 2.27. The number of amides is 1. The van der Waals surface area contributed by atoms with Crippen molar-refractivity contribution in [3.05, 3.63) is 0 Å². The van der Waals surface area contributed by atoms with Crippen LogP contribution in [0.1, 0.15) is 57.8 Å². The van der Waals surface area contributed by atoms with Gasteiger partial charge in [-0.2, -0.15) is 0 Å². The van der Waals surface area contributed by atoms with Gasteiger partial charge in [-0.25, -0.2) is 0 Å². The molecule has 4 N–H and O–H groups in total. The third-order valence-corrected chi connectivity index (χ3v) is 4.86. The Labute approximate surface area is 113 Å². The van der Waals surface area contributed by atoms with Gasteiger partial charge in [0.1, 0.15) is 0 Å². The van der Waals surface area contributed by atoms with Gasteiger partial charge in [0.25, 0.3) is 0 Å². The maximum absolute atomic E-state index is 12.4. The molecule has 2 fully saturated rings. The predicted molar refractivity (Wildman–Crippen MR) is 71.5 cm³/mol. The van der Waals surface area contributed by atoms with Crippen molar-refractivity contribution in [2.75, 3.05) is 6.54 Å². The minimum absolute atomic E-state index is 0.0237. The molecule has 1 amide bonds. The summed E-state index contributed by atoms with van der Waals surface area (Å²) in [7, 11) is 0. The van der Waals surface area contributed by atoms with E-state index in [1.54, 1.807) is 0 Å². The van der Waals surface area contributed by atoms with Gasteiger partial charge in [0.05, 0.1) is 17.4 Å². The molecule has 0 unspecified atom stereocenters. The summed E-state index contributed by atoms with van der Waals surface area (Å²) in [6.07, 6.45) is 7.37. The van der Waals surface area contributed by atoms with Gasteiger partial charge in [0.15, 0.2) is 0 Å². The third-order valence-electron chi connectivity index (χ3n) is 4.86. The van der Waals surface area contributed by atoms with Crippen LogP contribution in [0.2, 0.25) is 0 Å². The Morgan fingerprint density at radius 1 is 1.05 bits per heavy atom. The second-order valence-electron chi connectivity index (χ2n) is 6.20. The summed E-state index contributed by atoms with van der Waals surface area (Å²) < 4.78 is 0. The highest BCUT2D eigenvalue weighted by Crippen LogP contribution is 2.41. The van der Waals surface area contributed by atoms with E-state index in [-0.39, 0.29) is 12.3 Å². The molecule has 0 heterocycles. The van der Waals surface area contributed by atoms with Crippen LogP contribution in [0.5, 0.6) is 0 Å². The van der Waals surface area contributed by atoms with Crippen molar-refractivity contribution in [2.45, 2.75) is 63.3 Å². The zero-order valence-corrected chi connectivity index (χ0v) is 11.4. The van der Waals surface area contributed by atoms with Gasteiger partial charge in [0.2, 0.25) is 5.91 Å². The lowest BCUT2D eigenvalue weighted by Gasteiger charge is -2.44. The molecule has 0 aromatic rings. The van der Waals surface area contributed by atoms with Crippen molar-refractivity contribution in [2.24, 2.45) is 11.1 Å². The molecule has 19 heavy (non-hydrogen) atoms. The number of carboxylic acid groups (broad SMARTS) is 1. The van der Waals surface area contributed by atoms with Crippen LogP contribution in [0.4, 0.5) is 0 Å². The second-order valence-corrected chi connectivity index (χ2v) is 6.20. The summed E-state index contributed by atoms with van der Waals surface area (Å²) >= 11 is 0. The molecule has 0 atom stereocenters. The van der Waals surface area contributed by atoms with Crippen LogP contribution in [-0.2, 0) is 9.59 Å². The Morgan fingerprint density at radius 2 is 1.68 bits per heavy atom. The average molecular weight is 268 g/mol. The van der Waals surface area contributed by atoms with Gasteiger partial charge < -0.3 is 16.2 Å². The number of aliphatic carboxylic acids is 1. The third kappa shape index (κ3) is 2.91. The summed E-state index contributed by atoms with van der Waals surface area (Å²) in [4.78, 5) is 23.5.